The number of benzene rings is 1. The summed E-state index contributed by atoms with van der Waals surface area (Å²) in [5.41, 5.74) is -0.690. The topological polar surface area (TPSA) is 12.0 Å². The lowest BCUT2D eigenvalue weighted by atomic mass is 9.89. The Morgan fingerprint density at radius 2 is 1.81 bits per heavy atom. The summed E-state index contributed by atoms with van der Waals surface area (Å²) in [7, 11) is 0. The van der Waals surface area contributed by atoms with E-state index >= 15 is 0 Å². The first kappa shape index (κ1) is 18.0. The van der Waals surface area contributed by atoms with Crippen LogP contribution >= 0.6 is 0 Å². The molecule has 21 heavy (non-hydrogen) atoms. The van der Waals surface area contributed by atoms with Crippen LogP contribution in [0.3, 0.4) is 0 Å². The predicted octanol–water partition coefficient (Wildman–Crippen LogP) is 5.32. The molecule has 0 saturated heterocycles. The molecule has 2 atom stereocenters. The molecule has 0 heterocycles. The molecule has 0 aromatic heterocycles. The van der Waals surface area contributed by atoms with Crippen LogP contribution in [0.5, 0.6) is 0 Å². The van der Waals surface area contributed by atoms with Crippen molar-refractivity contribution in [2.75, 3.05) is 6.54 Å². The van der Waals surface area contributed by atoms with Crippen molar-refractivity contribution in [3.05, 3.63) is 35.1 Å². The average molecular weight is 305 g/mol. The highest BCUT2D eigenvalue weighted by Gasteiger charge is 2.32. The Morgan fingerprint density at radius 3 is 2.33 bits per heavy atom. The first-order valence-electron chi connectivity index (χ1n) is 7.41. The van der Waals surface area contributed by atoms with E-state index in [1.807, 2.05) is 20.8 Å². The molecule has 2 unspecified atom stereocenters. The van der Waals surface area contributed by atoms with Crippen LogP contribution in [0, 0.1) is 11.7 Å². The predicted molar refractivity (Wildman–Crippen MR) is 76.5 cm³/mol. The molecule has 1 aromatic carbocycles. The molecular weight excluding hydrogens is 282 g/mol. The molecule has 5 heteroatoms. The Balaban J connectivity index is 3.16. The van der Waals surface area contributed by atoms with Gasteiger partial charge in [0.15, 0.2) is 0 Å². The molecule has 0 radical (unpaired) electrons. The van der Waals surface area contributed by atoms with Crippen molar-refractivity contribution in [2.45, 2.75) is 52.3 Å². The molecule has 0 aliphatic carbocycles. The summed E-state index contributed by atoms with van der Waals surface area (Å²) in [5.74, 6) is -0.515. The number of hydrogen-bond acceptors (Lipinski definition) is 1. The van der Waals surface area contributed by atoms with E-state index in [2.05, 4.69) is 5.32 Å². The number of halogens is 4. The van der Waals surface area contributed by atoms with Crippen molar-refractivity contribution in [1.82, 2.24) is 5.32 Å². The fourth-order valence-corrected chi connectivity index (χ4v) is 2.50. The lowest BCUT2D eigenvalue weighted by Gasteiger charge is -2.26. The van der Waals surface area contributed by atoms with Crippen LogP contribution in [0.25, 0.3) is 0 Å². The van der Waals surface area contributed by atoms with Gasteiger partial charge in [-0.25, -0.2) is 4.39 Å². The maximum Gasteiger partial charge on any atom is 0.416 e. The van der Waals surface area contributed by atoms with Crippen LogP contribution in [0.1, 0.15) is 57.2 Å². The zero-order chi connectivity index (χ0) is 16.0. The molecule has 0 spiro atoms. The van der Waals surface area contributed by atoms with E-state index in [4.69, 9.17) is 0 Å². The summed E-state index contributed by atoms with van der Waals surface area (Å²) >= 11 is 0. The van der Waals surface area contributed by atoms with Crippen molar-refractivity contribution in [2.24, 2.45) is 5.92 Å². The van der Waals surface area contributed by atoms with E-state index in [9.17, 15) is 17.6 Å². The molecule has 1 nitrogen and oxygen atoms in total. The summed E-state index contributed by atoms with van der Waals surface area (Å²) in [6.45, 7) is 6.57. The van der Waals surface area contributed by atoms with Gasteiger partial charge in [0.1, 0.15) is 5.82 Å². The minimum absolute atomic E-state index is 0.0690. The first-order valence-corrected chi connectivity index (χ1v) is 7.41. The SMILES string of the molecule is CCCNC(c1cc(C(F)(F)F)ccc1F)C(C)CCC. The second-order valence-corrected chi connectivity index (χ2v) is 5.43. The maximum absolute atomic E-state index is 14.0. The minimum Gasteiger partial charge on any atom is -0.310 e. The maximum atomic E-state index is 14.0. The quantitative estimate of drug-likeness (QED) is 0.672. The van der Waals surface area contributed by atoms with Crippen LogP contribution in [0.4, 0.5) is 17.6 Å². The molecule has 1 rings (SSSR count). The van der Waals surface area contributed by atoms with Gasteiger partial charge in [-0.05, 0) is 43.5 Å². The van der Waals surface area contributed by atoms with Gasteiger partial charge in [-0.2, -0.15) is 13.2 Å². The van der Waals surface area contributed by atoms with E-state index < -0.39 is 23.6 Å². The molecule has 0 saturated carbocycles. The smallest absolute Gasteiger partial charge is 0.310 e. The Hall–Kier alpha value is -1.10. The van der Waals surface area contributed by atoms with Crippen LogP contribution in [0.2, 0.25) is 0 Å². The van der Waals surface area contributed by atoms with Gasteiger partial charge < -0.3 is 5.32 Å². The highest BCUT2D eigenvalue weighted by Crippen LogP contribution is 2.34. The third kappa shape index (κ3) is 4.99. The van der Waals surface area contributed by atoms with Gasteiger partial charge in [0.05, 0.1) is 5.56 Å². The van der Waals surface area contributed by atoms with Gasteiger partial charge in [-0.1, -0.05) is 27.2 Å². The van der Waals surface area contributed by atoms with Crippen LogP contribution < -0.4 is 5.32 Å². The summed E-state index contributed by atoms with van der Waals surface area (Å²) in [6.07, 6.45) is -1.87. The third-order valence-corrected chi connectivity index (χ3v) is 3.59. The third-order valence-electron chi connectivity index (χ3n) is 3.59. The van der Waals surface area contributed by atoms with Crippen molar-refractivity contribution < 1.29 is 17.6 Å². The van der Waals surface area contributed by atoms with Crippen LogP contribution in [-0.4, -0.2) is 6.54 Å². The number of alkyl halides is 3. The van der Waals surface area contributed by atoms with E-state index in [0.29, 0.717) is 6.54 Å². The lowest BCUT2D eigenvalue weighted by Crippen LogP contribution is -2.29. The molecular formula is C16H23F4N. The highest BCUT2D eigenvalue weighted by molar-refractivity contribution is 5.30. The number of nitrogens with one attached hydrogen (secondary N) is 1. The normalized spacial score (nSPS) is 15.0. The zero-order valence-electron chi connectivity index (χ0n) is 12.7. The second-order valence-electron chi connectivity index (χ2n) is 5.43. The Morgan fingerprint density at radius 1 is 1.14 bits per heavy atom. The Bertz CT molecular complexity index is 442. The van der Waals surface area contributed by atoms with Gasteiger partial charge >= 0.3 is 6.18 Å². The summed E-state index contributed by atoms with van der Waals surface area (Å²) in [4.78, 5) is 0. The summed E-state index contributed by atoms with van der Waals surface area (Å²) < 4.78 is 52.5. The van der Waals surface area contributed by atoms with Gasteiger partial charge in [-0.15, -0.1) is 0 Å². The lowest BCUT2D eigenvalue weighted by molar-refractivity contribution is -0.137. The van der Waals surface area contributed by atoms with Gasteiger partial charge in [-0.3, -0.25) is 0 Å². The number of hydrogen-bond donors (Lipinski definition) is 1. The Kier molecular flexibility index (Phi) is 6.65. The van der Waals surface area contributed by atoms with Crippen molar-refractivity contribution in [3.8, 4) is 0 Å². The van der Waals surface area contributed by atoms with E-state index in [1.165, 1.54) is 0 Å². The molecule has 120 valence electrons. The molecule has 0 fully saturated rings. The van der Waals surface area contributed by atoms with E-state index in [1.54, 1.807) is 0 Å². The summed E-state index contributed by atoms with van der Waals surface area (Å²) in [5, 5.41) is 3.18. The van der Waals surface area contributed by atoms with Gasteiger partial charge in [0.25, 0.3) is 0 Å². The molecule has 0 aliphatic rings. The van der Waals surface area contributed by atoms with E-state index in [-0.39, 0.29) is 11.5 Å². The molecule has 0 amide bonds. The van der Waals surface area contributed by atoms with Gasteiger partial charge in [0, 0.05) is 11.6 Å². The Labute approximate surface area is 123 Å². The van der Waals surface area contributed by atoms with E-state index in [0.717, 1.165) is 37.5 Å². The monoisotopic (exact) mass is 305 g/mol. The minimum atomic E-state index is -4.45. The molecule has 0 bridgehead atoms. The summed E-state index contributed by atoms with van der Waals surface area (Å²) in [6, 6.07) is 2.25. The van der Waals surface area contributed by atoms with Crippen molar-refractivity contribution in [3.63, 3.8) is 0 Å². The van der Waals surface area contributed by atoms with Crippen molar-refractivity contribution >= 4 is 0 Å². The zero-order valence-corrected chi connectivity index (χ0v) is 12.7. The molecule has 1 aromatic rings. The molecule has 1 N–H and O–H groups in total. The standard InChI is InChI=1S/C16H23F4N/c1-4-6-11(3)15(21-9-5-2)13-10-12(16(18,19)20)7-8-14(13)17/h7-8,10-11,15,21H,4-6,9H2,1-3H3. The second kappa shape index (κ2) is 7.78. The highest BCUT2D eigenvalue weighted by atomic mass is 19.4. The van der Waals surface area contributed by atoms with Crippen LogP contribution in [-0.2, 0) is 6.18 Å². The van der Waals surface area contributed by atoms with Crippen LogP contribution in [0.15, 0.2) is 18.2 Å². The van der Waals surface area contributed by atoms with Crippen molar-refractivity contribution in [1.29, 1.82) is 0 Å². The fraction of sp³-hybridized carbons (Fsp3) is 0.625. The first-order chi connectivity index (χ1) is 9.81. The van der Waals surface area contributed by atoms with Gasteiger partial charge in [0.2, 0.25) is 0 Å². The average Bonchev–Trinajstić information content (AvgIpc) is 2.40. The molecule has 0 aliphatic heterocycles. The fourth-order valence-electron chi connectivity index (χ4n) is 2.50. The number of rotatable bonds is 7. The largest absolute Gasteiger partial charge is 0.416 e.